The van der Waals surface area contributed by atoms with E-state index >= 15 is 0 Å². The maximum Gasteiger partial charge on any atom is -0.000654 e. The molecule has 3 rings (SSSR count). The zero-order valence-corrected chi connectivity index (χ0v) is 8.67. The van der Waals surface area contributed by atoms with E-state index < -0.39 is 0 Å². The lowest BCUT2D eigenvalue weighted by atomic mass is 10.1. The molecule has 0 spiro atoms. The van der Waals surface area contributed by atoms with Gasteiger partial charge < -0.3 is 9.80 Å². The third-order valence-corrected chi connectivity index (χ3v) is 3.35. The van der Waals surface area contributed by atoms with Crippen molar-refractivity contribution >= 4 is 0 Å². The number of hydrogen-bond acceptors (Lipinski definition) is 2. The molecule has 3 fully saturated rings. The van der Waals surface area contributed by atoms with Gasteiger partial charge in [0.25, 0.3) is 0 Å². The van der Waals surface area contributed by atoms with Crippen molar-refractivity contribution in [2.75, 3.05) is 39.3 Å². The summed E-state index contributed by atoms with van der Waals surface area (Å²) < 4.78 is 0. The highest BCUT2D eigenvalue weighted by Gasteiger charge is 2.13. The van der Waals surface area contributed by atoms with Gasteiger partial charge >= 0.3 is 0 Å². The normalized spacial score (nSPS) is 36.9. The fourth-order valence-corrected chi connectivity index (χ4v) is 2.55. The van der Waals surface area contributed by atoms with Gasteiger partial charge in [-0.2, -0.15) is 0 Å². The first-order valence-electron chi connectivity index (χ1n) is 5.90. The summed E-state index contributed by atoms with van der Waals surface area (Å²) in [6, 6.07) is 0. The van der Waals surface area contributed by atoms with Crippen LogP contribution in [0.5, 0.6) is 0 Å². The van der Waals surface area contributed by atoms with Gasteiger partial charge in [0.15, 0.2) is 0 Å². The van der Waals surface area contributed by atoms with Crippen LogP contribution < -0.4 is 0 Å². The summed E-state index contributed by atoms with van der Waals surface area (Å²) in [6.07, 6.45) is 7.06. The molecule has 3 saturated heterocycles. The standard InChI is InChI=1S/C11H22N2/c1-2-6-12-8-4-10-13(7-3-1)11-5-9-12/h1-11H2. The molecule has 3 heterocycles. The summed E-state index contributed by atoms with van der Waals surface area (Å²) >= 11 is 0. The second kappa shape index (κ2) is 4.97. The number of rotatable bonds is 0. The van der Waals surface area contributed by atoms with Crippen molar-refractivity contribution in [1.82, 2.24) is 9.80 Å². The average molecular weight is 182 g/mol. The molecule has 0 aromatic carbocycles. The van der Waals surface area contributed by atoms with Gasteiger partial charge in [-0.25, -0.2) is 0 Å². The minimum absolute atomic E-state index is 1.34. The Hall–Kier alpha value is -0.0800. The maximum atomic E-state index is 2.67. The Morgan fingerprint density at radius 3 is 1.23 bits per heavy atom. The molecule has 3 aliphatic rings. The molecule has 0 amide bonds. The fourth-order valence-electron chi connectivity index (χ4n) is 2.55. The summed E-state index contributed by atoms with van der Waals surface area (Å²) in [5, 5.41) is 0. The van der Waals surface area contributed by atoms with Crippen molar-refractivity contribution in [3.63, 3.8) is 0 Å². The van der Waals surface area contributed by atoms with Crippen LogP contribution in [-0.4, -0.2) is 49.1 Å². The first kappa shape index (κ1) is 9.47. The Labute approximate surface area is 81.9 Å². The molecule has 2 heteroatoms. The maximum absolute atomic E-state index is 2.67. The van der Waals surface area contributed by atoms with Gasteiger partial charge in [0.2, 0.25) is 0 Å². The molecule has 2 bridgehead atoms. The van der Waals surface area contributed by atoms with Crippen molar-refractivity contribution in [2.45, 2.75) is 32.1 Å². The van der Waals surface area contributed by atoms with Crippen molar-refractivity contribution in [2.24, 2.45) is 0 Å². The van der Waals surface area contributed by atoms with Crippen LogP contribution in [-0.2, 0) is 0 Å². The van der Waals surface area contributed by atoms with Crippen LogP contribution in [0.1, 0.15) is 32.1 Å². The van der Waals surface area contributed by atoms with E-state index in [-0.39, 0.29) is 0 Å². The molecule has 3 aliphatic heterocycles. The van der Waals surface area contributed by atoms with E-state index in [1.165, 1.54) is 71.4 Å². The lowest BCUT2D eigenvalue weighted by Crippen LogP contribution is -2.38. The third kappa shape index (κ3) is 2.96. The van der Waals surface area contributed by atoms with Crippen molar-refractivity contribution in [3.05, 3.63) is 0 Å². The quantitative estimate of drug-likeness (QED) is 0.561. The van der Waals surface area contributed by atoms with Crippen LogP contribution in [0.25, 0.3) is 0 Å². The lowest BCUT2D eigenvalue weighted by molar-refractivity contribution is 0.165. The van der Waals surface area contributed by atoms with Gasteiger partial charge in [-0.1, -0.05) is 6.42 Å². The molecule has 13 heavy (non-hydrogen) atoms. The zero-order chi connectivity index (χ0) is 8.93. The van der Waals surface area contributed by atoms with Crippen LogP contribution in [0.4, 0.5) is 0 Å². The van der Waals surface area contributed by atoms with Crippen LogP contribution in [0.3, 0.4) is 0 Å². The molecule has 0 radical (unpaired) electrons. The zero-order valence-electron chi connectivity index (χ0n) is 8.67. The summed E-state index contributed by atoms with van der Waals surface area (Å²) in [7, 11) is 0. The van der Waals surface area contributed by atoms with Crippen molar-refractivity contribution in [1.29, 1.82) is 0 Å². The van der Waals surface area contributed by atoms with E-state index in [2.05, 4.69) is 9.80 Å². The molecule has 0 N–H and O–H groups in total. The highest BCUT2D eigenvalue weighted by molar-refractivity contribution is 4.69. The SMILES string of the molecule is C1CCN2CCCN(CC1)CCC2. The van der Waals surface area contributed by atoms with Crippen LogP contribution in [0, 0.1) is 0 Å². The van der Waals surface area contributed by atoms with E-state index in [0.717, 1.165) is 0 Å². The van der Waals surface area contributed by atoms with Gasteiger partial charge in [0.05, 0.1) is 0 Å². The third-order valence-electron chi connectivity index (χ3n) is 3.35. The minimum Gasteiger partial charge on any atom is -0.303 e. The second-order valence-electron chi connectivity index (χ2n) is 4.45. The minimum atomic E-state index is 1.34. The molecule has 0 saturated carbocycles. The molecule has 76 valence electrons. The van der Waals surface area contributed by atoms with E-state index in [9.17, 15) is 0 Å². The molecule has 0 atom stereocenters. The Bertz CT molecular complexity index is 118. The topological polar surface area (TPSA) is 6.48 Å². The Morgan fingerprint density at radius 1 is 0.385 bits per heavy atom. The predicted octanol–water partition coefficient (Wildman–Crippen LogP) is 1.57. The van der Waals surface area contributed by atoms with Gasteiger partial charge in [0.1, 0.15) is 0 Å². The van der Waals surface area contributed by atoms with Crippen molar-refractivity contribution in [3.8, 4) is 0 Å². The summed E-state index contributed by atoms with van der Waals surface area (Å²) in [6.45, 7) is 8.10. The summed E-state index contributed by atoms with van der Waals surface area (Å²) in [5.74, 6) is 0. The highest BCUT2D eigenvalue weighted by atomic mass is 15.2. The molecule has 0 unspecified atom stereocenters. The molecule has 2 nitrogen and oxygen atoms in total. The molecule has 0 aromatic heterocycles. The van der Waals surface area contributed by atoms with Crippen molar-refractivity contribution < 1.29 is 0 Å². The molecule has 0 aliphatic carbocycles. The summed E-state index contributed by atoms with van der Waals surface area (Å²) in [5.41, 5.74) is 0. The molecular formula is C11H22N2. The van der Waals surface area contributed by atoms with E-state index in [4.69, 9.17) is 0 Å². The lowest BCUT2D eigenvalue weighted by Gasteiger charge is -2.32. The summed E-state index contributed by atoms with van der Waals surface area (Å²) in [4.78, 5) is 5.34. The van der Waals surface area contributed by atoms with Gasteiger partial charge in [-0.05, 0) is 65.0 Å². The first-order valence-corrected chi connectivity index (χ1v) is 5.90. The predicted molar refractivity (Wildman–Crippen MR) is 56.0 cm³/mol. The Morgan fingerprint density at radius 2 is 0.769 bits per heavy atom. The Kier molecular flexibility index (Phi) is 3.62. The van der Waals surface area contributed by atoms with Gasteiger partial charge in [-0.15, -0.1) is 0 Å². The van der Waals surface area contributed by atoms with Gasteiger partial charge in [-0.3, -0.25) is 0 Å². The monoisotopic (exact) mass is 182 g/mol. The number of fused-ring (bicyclic) bond motifs is 8. The smallest absolute Gasteiger partial charge is 0.000654 e. The molecular weight excluding hydrogens is 160 g/mol. The Balaban J connectivity index is 1.92. The number of nitrogens with zero attached hydrogens (tertiary/aromatic N) is 2. The van der Waals surface area contributed by atoms with Gasteiger partial charge in [0, 0.05) is 0 Å². The van der Waals surface area contributed by atoms with Crippen LogP contribution in [0.15, 0.2) is 0 Å². The van der Waals surface area contributed by atoms with E-state index in [0.29, 0.717) is 0 Å². The second-order valence-corrected chi connectivity index (χ2v) is 4.45. The fraction of sp³-hybridized carbons (Fsp3) is 1.00. The number of hydrogen-bond donors (Lipinski definition) is 0. The first-order chi connectivity index (χ1) is 6.45. The van der Waals surface area contributed by atoms with E-state index in [1.807, 2.05) is 0 Å². The van der Waals surface area contributed by atoms with E-state index in [1.54, 1.807) is 0 Å². The average Bonchev–Trinajstić information content (AvgIpc) is 2.14. The highest BCUT2D eigenvalue weighted by Crippen LogP contribution is 2.10. The largest absolute Gasteiger partial charge is 0.303 e. The van der Waals surface area contributed by atoms with Crippen LogP contribution >= 0.6 is 0 Å². The van der Waals surface area contributed by atoms with Crippen LogP contribution in [0.2, 0.25) is 0 Å². The molecule has 0 aromatic rings.